The van der Waals surface area contributed by atoms with Crippen molar-refractivity contribution in [3.05, 3.63) is 75.0 Å². The summed E-state index contributed by atoms with van der Waals surface area (Å²) in [7, 11) is 0. The molecule has 5 nitrogen and oxygen atoms in total. The van der Waals surface area contributed by atoms with E-state index in [1.807, 2.05) is 58.0 Å². The predicted octanol–water partition coefficient (Wildman–Crippen LogP) is 5.41. The Hall–Kier alpha value is -2.90. The maximum atomic E-state index is 16.0. The summed E-state index contributed by atoms with van der Waals surface area (Å²) >= 11 is 1.54. The first kappa shape index (κ1) is 25.2. The number of Topliss-reactive ketones (excluding diaryl/α,β-unsaturated/α-hetero) is 1. The number of benzene rings is 2. The van der Waals surface area contributed by atoms with Crippen LogP contribution in [0.5, 0.6) is 0 Å². The first-order valence-corrected chi connectivity index (χ1v) is 12.9. The van der Waals surface area contributed by atoms with Crippen LogP contribution in [-0.2, 0) is 16.0 Å². The molecular formula is C28H32FN3O2S. The van der Waals surface area contributed by atoms with E-state index in [0.717, 1.165) is 22.9 Å². The normalized spacial score (nSPS) is 16.5. The summed E-state index contributed by atoms with van der Waals surface area (Å²) in [5, 5.41) is 7.04. The molecule has 35 heavy (non-hydrogen) atoms. The van der Waals surface area contributed by atoms with E-state index >= 15 is 4.39 Å². The molecule has 4 rings (SSSR count). The molecule has 1 aliphatic heterocycles. The molecule has 0 spiro atoms. The highest BCUT2D eigenvalue weighted by Crippen LogP contribution is 2.36. The summed E-state index contributed by atoms with van der Waals surface area (Å²) < 4.78 is 16.0. The molecule has 0 bridgehead atoms. The van der Waals surface area contributed by atoms with Crippen LogP contribution in [0.15, 0.2) is 42.5 Å². The third kappa shape index (κ3) is 5.52. The number of rotatable bonds is 8. The molecule has 0 aliphatic carbocycles. The van der Waals surface area contributed by atoms with Crippen molar-refractivity contribution in [2.24, 2.45) is 0 Å². The molecule has 7 heteroatoms. The van der Waals surface area contributed by atoms with Crippen molar-refractivity contribution in [1.29, 1.82) is 0 Å². The van der Waals surface area contributed by atoms with Gasteiger partial charge < -0.3 is 10.6 Å². The van der Waals surface area contributed by atoms with Crippen LogP contribution in [-0.4, -0.2) is 29.3 Å². The molecule has 1 aliphatic rings. The van der Waals surface area contributed by atoms with Crippen molar-refractivity contribution in [2.75, 3.05) is 6.54 Å². The Balaban J connectivity index is 1.81. The third-order valence-electron chi connectivity index (χ3n) is 6.53. The van der Waals surface area contributed by atoms with E-state index in [4.69, 9.17) is 0 Å². The average molecular weight is 494 g/mol. The van der Waals surface area contributed by atoms with E-state index < -0.39 is 6.04 Å². The zero-order chi connectivity index (χ0) is 25.1. The second kappa shape index (κ2) is 10.8. The van der Waals surface area contributed by atoms with Crippen molar-refractivity contribution in [3.63, 3.8) is 0 Å². The highest BCUT2D eigenvalue weighted by Gasteiger charge is 2.32. The Labute approximate surface area is 210 Å². The summed E-state index contributed by atoms with van der Waals surface area (Å²) in [5.41, 5.74) is 2.79. The van der Waals surface area contributed by atoms with Gasteiger partial charge in [0, 0.05) is 10.4 Å². The van der Waals surface area contributed by atoms with Gasteiger partial charge in [-0.2, -0.15) is 0 Å². The van der Waals surface area contributed by atoms with Crippen LogP contribution in [0.4, 0.5) is 4.39 Å². The van der Waals surface area contributed by atoms with Crippen LogP contribution in [0.1, 0.15) is 65.4 Å². The van der Waals surface area contributed by atoms with Crippen LogP contribution in [0, 0.1) is 19.7 Å². The molecule has 1 amide bonds. The Morgan fingerprint density at radius 3 is 2.46 bits per heavy atom. The van der Waals surface area contributed by atoms with Crippen molar-refractivity contribution in [2.45, 2.75) is 65.0 Å². The smallest absolute Gasteiger partial charge is 0.237 e. The number of aryl methyl sites for hydroxylation is 2. The summed E-state index contributed by atoms with van der Waals surface area (Å²) in [6.07, 6.45) is 1.69. The fourth-order valence-corrected chi connectivity index (χ4v) is 5.51. The van der Waals surface area contributed by atoms with Gasteiger partial charge in [-0.05, 0) is 55.8 Å². The van der Waals surface area contributed by atoms with Gasteiger partial charge in [0.25, 0.3) is 0 Å². The molecule has 1 fully saturated rings. The van der Waals surface area contributed by atoms with Gasteiger partial charge in [0.1, 0.15) is 11.9 Å². The van der Waals surface area contributed by atoms with Crippen LogP contribution < -0.4 is 10.6 Å². The third-order valence-corrected chi connectivity index (χ3v) is 7.45. The second-order valence-corrected chi connectivity index (χ2v) is 10.8. The van der Waals surface area contributed by atoms with E-state index in [0.29, 0.717) is 34.4 Å². The van der Waals surface area contributed by atoms with Gasteiger partial charge >= 0.3 is 0 Å². The summed E-state index contributed by atoms with van der Waals surface area (Å²) in [6, 6.07) is 11.4. The van der Waals surface area contributed by atoms with Crippen molar-refractivity contribution in [3.8, 4) is 11.1 Å². The van der Waals surface area contributed by atoms with E-state index in [9.17, 15) is 9.59 Å². The molecule has 184 valence electrons. The minimum Gasteiger partial charge on any atom is -0.341 e. The van der Waals surface area contributed by atoms with Gasteiger partial charge in [-0.15, -0.1) is 11.3 Å². The molecule has 2 aromatic carbocycles. The molecule has 3 aromatic rings. The van der Waals surface area contributed by atoms with Gasteiger partial charge in [-0.3, -0.25) is 9.59 Å². The molecular weight excluding hydrogens is 461 g/mol. The Kier molecular flexibility index (Phi) is 7.77. The summed E-state index contributed by atoms with van der Waals surface area (Å²) in [6.45, 7) is 8.49. The number of halogens is 1. The van der Waals surface area contributed by atoms with E-state index in [2.05, 4.69) is 15.6 Å². The number of amides is 1. The zero-order valence-corrected chi connectivity index (χ0v) is 21.5. The Morgan fingerprint density at radius 2 is 1.86 bits per heavy atom. The highest BCUT2D eigenvalue weighted by molar-refractivity contribution is 7.11. The van der Waals surface area contributed by atoms with Crippen LogP contribution in [0.2, 0.25) is 0 Å². The molecule has 1 aromatic heterocycles. The van der Waals surface area contributed by atoms with Crippen LogP contribution >= 0.6 is 11.3 Å². The highest BCUT2D eigenvalue weighted by atomic mass is 32.1. The number of nitrogens with one attached hydrogen (secondary N) is 2. The van der Waals surface area contributed by atoms with Gasteiger partial charge in [-0.25, -0.2) is 9.37 Å². The lowest BCUT2D eigenvalue weighted by Gasteiger charge is -2.24. The van der Waals surface area contributed by atoms with Crippen molar-refractivity contribution in [1.82, 2.24) is 15.6 Å². The van der Waals surface area contributed by atoms with Crippen molar-refractivity contribution < 1.29 is 14.0 Å². The molecule has 2 heterocycles. The second-order valence-electron chi connectivity index (χ2n) is 9.42. The van der Waals surface area contributed by atoms with Gasteiger partial charge in [-0.1, -0.05) is 56.3 Å². The SMILES string of the molecule is Cc1nc(CC(=O)C(NC(=O)C2CCCN2)c2ccc(C(C)C)c(F)c2-c2ccccc2)c(C)s1. The quantitative estimate of drug-likeness (QED) is 0.440. The topological polar surface area (TPSA) is 71.1 Å². The fraction of sp³-hybridized carbons (Fsp3) is 0.393. The fourth-order valence-electron chi connectivity index (χ4n) is 4.68. The molecule has 2 atom stereocenters. The number of ketones is 1. The first-order chi connectivity index (χ1) is 16.8. The first-order valence-electron chi connectivity index (χ1n) is 12.1. The molecule has 2 N–H and O–H groups in total. The van der Waals surface area contributed by atoms with Gasteiger partial charge in [0.05, 0.1) is 23.2 Å². The Bertz CT molecular complexity index is 1220. The van der Waals surface area contributed by atoms with Gasteiger partial charge in [0.15, 0.2) is 5.78 Å². The maximum Gasteiger partial charge on any atom is 0.237 e. The van der Waals surface area contributed by atoms with E-state index in [1.165, 1.54) is 11.3 Å². The number of aromatic nitrogens is 1. The largest absolute Gasteiger partial charge is 0.341 e. The molecule has 2 unspecified atom stereocenters. The monoisotopic (exact) mass is 493 g/mol. The number of hydrogen-bond donors (Lipinski definition) is 2. The number of nitrogens with zero attached hydrogens (tertiary/aromatic N) is 1. The standard InChI is InChI=1S/C28H32FN3O2S/c1-16(2)20-12-13-21(25(26(20)29)19-9-6-5-7-10-19)27(32-28(34)22-11-8-14-30-22)24(33)15-23-17(3)35-18(4)31-23/h5-7,9-10,12-13,16,22,27,30H,8,11,14-15H2,1-4H3,(H,32,34). The predicted molar refractivity (Wildman–Crippen MR) is 138 cm³/mol. The van der Waals surface area contributed by atoms with Crippen LogP contribution in [0.3, 0.4) is 0 Å². The summed E-state index contributed by atoms with van der Waals surface area (Å²) in [4.78, 5) is 32.4. The lowest BCUT2D eigenvalue weighted by Crippen LogP contribution is -2.44. The number of hydrogen-bond acceptors (Lipinski definition) is 5. The molecule has 1 saturated heterocycles. The number of carbonyl (C=O) groups excluding carboxylic acids is 2. The lowest BCUT2D eigenvalue weighted by atomic mass is 9.87. The lowest BCUT2D eigenvalue weighted by molar-refractivity contribution is -0.128. The van der Waals surface area contributed by atoms with E-state index in [1.54, 1.807) is 12.1 Å². The average Bonchev–Trinajstić information content (AvgIpc) is 3.47. The van der Waals surface area contributed by atoms with Crippen molar-refractivity contribution >= 4 is 23.0 Å². The number of carbonyl (C=O) groups is 2. The summed E-state index contributed by atoms with van der Waals surface area (Å²) in [5.74, 6) is -0.827. The Morgan fingerprint density at radius 1 is 1.14 bits per heavy atom. The van der Waals surface area contributed by atoms with Crippen LogP contribution in [0.25, 0.3) is 11.1 Å². The zero-order valence-electron chi connectivity index (χ0n) is 20.7. The van der Waals surface area contributed by atoms with E-state index in [-0.39, 0.29) is 35.9 Å². The molecule has 0 saturated carbocycles. The van der Waals surface area contributed by atoms with Gasteiger partial charge in [0.2, 0.25) is 5.91 Å². The number of thiazole rings is 1. The minimum absolute atomic E-state index is 0.0291. The molecule has 0 radical (unpaired) electrons. The minimum atomic E-state index is -0.989. The maximum absolute atomic E-state index is 16.0.